The van der Waals surface area contributed by atoms with Gasteiger partial charge in [-0.1, -0.05) is 0 Å². The van der Waals surface area contributed by atoms with E-state index in [1.807, 2.05) is 0 Å². The molecule has 5 heavy (non-hydrogen) atoms. The van der Waals surface area contributed by atoms with E-state index in [9.17, 15) is 0 Å². The number of nitrogens with zero attached hydrogens (tertiary/aromatic N) is 1. The van der Waals surface area contributed by atoms with Crippen LogP contribution in [0.15, 0.2) is 0 Å². The largest absolute Gasteiger partial charge is 0.377 e. The second-order valence-corrected chi connectivity index (χ2v) is 0.739. The monoisotopic (exact) mass is 73.1 g/mol. The Labute approximate surface area is 31.8 Å². The topological polar surface area (TPSA) is 34.3 Å². The molecule has 1 N–H and O–H groups in total. The van der Waals surface area contributed by atoms with Gasteiger partial charge < -0.3 is 5.11 Å². The summed E-state index contributed by atoms with van der Waals surface area (Å²) in [6.07, 6.45) is -0.741. The SMILES string of the molecule is [CH2]C(O)[N]C. The van der Waals surface area contributed by atoms with Crippen LogP contribution in [0.5, 0.6) is 0 Å². The van der Waals surface area contributed by atoms with Gasteiger partial charge in [0.15, 0.2) is 0 Å². The van der Waals surface area contributed by atoms with Crippen molar-refractivity contribution < 1.29 is 5.11 Å². The van der Waals surface area contributed by atoms with Gasteiger partial charge in [0.05, 0.1) is 0 Å². The molecule has 0 aromatic rings. The molecule has 0 rings (SSSR count). The second-order valence-electron chi connectivity index (χ2n) is 0.739. The Morgan fingerprint density at radius 1 is 2.00 bits per heavy atom. The van der Waals surface area contributed by atoms with Crippen molar-refractivity contribution in [3.63, 3.8) is 0 Å². The molecule has 0 bridgehead atoms. The van der Waals surface area contributed by atoms with Crippen molar-refractivity contribution >= 4 is 0 Å². The van der Waals surface area contributed by atoms with E-state index >= 15 is 0 Å². The first-order chi connectivity index (χ1) is 2.27. The molecule has 0 aliphatic rings. The van der Waals surface area contributed by atoms with Gasteiger partial charge in [-0.25, -0.2) is 5.32 Å². The van der Waals surface area contributed by atoms with E-state index in [2.05, 4.69) is 12.2 Å². The van der Waals surface area contributed by atoms with E-state index in [4.69, 9.17) is 5.11 Å². The summed E-state index contributed by atoms with van der Waals surface area (Å²) in [6.45, 7) is 3.15. The number of hydrogen-bond acceptors (Lipinski definition) is 1. The van der Waals surface area contributed by atoms with Crippen molar-refractivity contribution in [2.75, 3.05) is 7.05 Å². The number of rotatable bonds is 1. The summed E-state index contributed by atoms with van der Waals surface area (Å²) >= 11 is 0. The molecule has 0 fully saturated rings. The number of aliphatic hydroxyl groups excluding tert-OH is 1. The molecular formula is C3H7NO. The van der Waals surface area contributed by atoms with Crippen molar-refractivity contribution in [2.24, 2.45) is 0 Å². The molecule has 30 valence electrons. The van der Waals surface area contributed by atoms with Gasteiger partial charge in [-0.05, 0) is 6.92 Å². The number of hydrogen-bond donors (Lipinski definition) is 1. The van der Waals surface area contributed by atoms with Crippen molar-refractivity contribution in [1.29, 1.82) is 0 Å². The Morgan fingerprint density at radius 2 is 2.20 bits per heavy atom. The van der Waals surface area contributed by atoms with E-state index < -0.39 is 6.23 Å². The van der Waals surface area contributed by atoms with Crippen LogP contribution in [0.3, 0.4) is 0 Å². The van der Waals surface area contributed by atoms with Gasteiger partial charge >= 0.3 is 0 Å². The summed E-state index contributed by atoms with van der Waals surface area (Å²) in [6, 6.07) is 0. The minimum absolute atomic E-state index is 0.741. The third-order valence-electron chi connectivity index (χ3n) is 0.298. The molecule has 0 aromatic heterocycles. The average molecular weight is 73.1 g/mol. The van der Waals surface area contributed by atoms with Gasteiger partial charge in [0, 0.05) is 7.05 Å². The fourth-order valence-electron chi connectivity index (χ4n) is 0. The molecule has 0 aliphatic heterocycles. The highest BCUT2D eigenvalue weighted by molar-refractivity contribution is 4.44. The first kappa shape index (κ1) is 4.92. The van der Waals surface area contributed by atoms with E-state index in [1.54, 1.807) is 0 Å². The summed E-state index contributed by atoms with van der Waals surface area (Å²) in [5.41, 5.74) is 0. The Balaban J connectivity index is 2.54. The van der Waals surface area contributed by atoms with Crippen molar-refractivity contribution in [3.8, 4) is 0 Å². The quantitative estimate of drug-likeness (QED) is 0.440. The Bertz CT molecular complexity index is 20.9. The minimum Gasteiger partial charge on any atom is -0.377 e. The van der Waals surface area contributed by atoms with Crippen LogP contribution in [-0.2, 0) is 0 Å². The van der Waals surface area contributed by atoms with Crippen LogP contribution in [-0.4, -0.2) is 18.4 Å². The molecule has 0 aromatic carbocycles. The van der Waals surface area contributed by atoms with Gasteiger partial charge in [0.2, 0.25) is 0 Å². The van der Waals surface area contributed by atoms with Crippen LogP contribution >= 0.6 is 0 Å². The van der Waals surface area contributed by atoms with Crippen LogP contribution in [0.4, 0.5) is 0 Å². The molecule has 1 atom stereocenters. The summed E-state index contributed by atoms with van der Waals surface area (Å²) in [5, 5.41) is 11.4. The zero-order valence-corrected chi connectivity index (χ0v) is 3.18. The maximum absolute atomic E-state index is 8.08. The van der Waals surface area contributed by atoms with Crippen LogP contribution in [0.25, 0.3) is 0 Å². The lowest BCUT2D eigenvalue weighted by atomic mass is 10.7. The highest BCUT2D eigenvalue weighted by Gasteiger charge is 1.81. The van der Waals surface area contributed by atoms with E-state index in [-0.39, 0.29) is 0 Å². The smallest absolute Gasteiger partial charge is 0.120 e. The maximum atomic E-state index is 8.08. The summed E-state index contributed by atoms with van der Waals surface area (Å²) in [7, 11) is 1.51. The molecule has 0 saturated heterocycles. The highest BCUT2D eigenvalue weighted by Crippen LogP contribution is 1.62. The third kappa shape index (κ3) is 3.92. The Morgan fingerprint density at radius 3 is 2.20 bits per heavy atom. The Kier molecular flexibility index (Phi) is 2.14. The van der Waals surface area contributed by atoms with Crippen LogP contribution < -0.4 is 5.32 Å². The van der Waals surface area contributed by atoms with Gasteiger partial charge in [-0.15, -0.1) is 0 Å². The fourth-order valence-corrected chi connectivity index (χ4v) is 0. The lowest BCUT2D eigenvalue weighted by Crippen LogP contribution is -2.11. The van der Waals surface area contributed by atoms with Crippen LogP contribution in [0.1, 0.15) is 0 Å². The molecule has 0 spiro atoms. The summed E-state index contributed by atoms with van der Waals surface area (Å²) < 4.78 is 0. The van der Waals surface area contributed by atoms with Crippen LogP contribution in [0.2, 0.25) is 0 Å². The minimum atomic E-state index is -0.741. The van der Waals surface area contributed by atoms with E-state index in [0.717, 1.165) is 0 Å². The molecule has 0 aliphatic carbocycles. The van der Waals surface area contributed by atoms with E-state index in [0.29, 0.717) is 0 Å². The van der Waals surface area contributed by atoms with Crippen molar-refractivity contribution in [1.82, 2.24) is 5.32 Å². The lowest BCUT2D eigenvalue weighted by Gasteiger charge is -1.91. The van der Waals surface area contributed by atoms with Gasteiger partial charge in [-0.3, -0.25) is 0 Å². The molecule has 1 unspecified atom stereocenters. The second kappa shape index (κ2) is 2.18. The van der Waals surface area contributed by atoms with Crippen molar-refractivity contribution in [3.05, 3.63) is 6.92 Å². The third-order valence-corrected chi connectivity index (χ3v) is 0.298. The predicted molar refractivity (Wildman–Crippen MR) is 19.4 cm³/mol. The van der Waals surface area contributed by atoms with Gasteiger partial charge in [0.1, 0.15) is 6.23 Å². The molecule has 0 amide bonds. The highest BCUT2D eigenvalue weighted by atomic mass is 16.3. The van der Waals surface area contributed by atoms with E-state index in [1.165, 1.54) is 7.05 Å². The zero-order chi connectivity index (χ0) is 4.28. The molecule has 2 radical (unpaired) electrons. The number of aliphatic hydroxyl groups is 1. The lowest BCUT2D eigenvalue weighted by molar-refractivity contribution is 0.189. The first-order valence-corrected chi connectivity index (χ1v) is 1.37. The molecule has 2 heteroatoms. The Hall–Kier alpha value is -0.0800. The average Bonchev–Trinajstić information content (AvgIpc) is 1.38. The van der Waals surface area contributed by atoms with Gasteiger partial charge in [0.25, 0.3) is 0 Å². The maximum Gasteiger partial charge on any atom is 0.120 e. The van der Waals surface area contributed by atoms with Crippen LogP contribution in [0, 0.1) is 6.92 Å². The van der Waals surface area contributed by atoms with Gasteiger partial charge in [-0.2, -0.15) is 0 Å². The first-order valence-electron chi connectivity index (χ1n) is 1.37. The standard InChI is InChI=1S/C3H7NO/c1-3(5)4-2/h3,5H,1H2,2H3. The molecule has 0 saturated carbocycles. The fraction of sp³-hybridized carbons (Fsp3) is 0.667. The normalized spacial score (nSPS) is 15.0. The summed E-state index contributed by atoms with van der Waals surface area (Å²) in [5.74, 6) is 0. The predicted octanol–water partition coefficient (Wildman–Crippen LogP) is -0.627. The van der Waals surface area contributed by atoms with Crippen molar-refractivity contribution in [2.45, 2.75) is 6.23 Å². The molecule has 2 nitrogen and oxygen atoms in total. The molecule has 0 heterocycles. The summed E-state index contributed by atoms with van der Waals surface area (Å²) in [4.78, 5) is 0. The molecular weight excluding hydrogens is 66.0 g/mol. The zero-order valence-electron chi connectivity index (χ0n) is 3.18.